The minimum absolute atomic E-state index is 0.0757. The Morgan fingerprint density at radius 2 is 0.921 bits per heavy atom. The van der Waals surface area contributed by atoms with Gasteiger partial charge in [0.25, 0.3) is 0 Å². The largest absolute Gasteiger partial charge is 0.472 e. The lowest BCUT2D eigenvalue weighted by Gasteiger charge is -2.24. The Bertz CT molecular complexity index is 1280. The van der Waals surface area contributed by atoms with E-state index in [4.69, 9.17) is 18.5 Å². The van der Waals surface area contributed by atoms with Crippen LogP contribution in [0.5, 0.6) is 0 Å². The van der Waals surface area contributed by atoms with Crippen LogP contribution in [-0.2, 0) is 27.9 Å². The second-order valence-corrected chi connectivity index (χ2v) is 19.3. The number of nitrogens with zero attached hydrogens (tertiary/aromatic N) is 1. The van der Waals surface area contributed by atoms with Crippen molar-refractivity contribution in [1.82, 2.24) is 0 Å². The van der Waals surface area contributed by atoms with Gasteiger partial charge in [-0.1, -0.05) is 182 Å². The molecule has 63 heavy (non-hydrogen) atoms. The second kappa shape index (κ2) is 46.2. The summed E-state index contributed by atoms with van der Waals surface area (Å²) < 4.78 is 35.1. The molecule has 364 valence electrons. The highest BCUT2D eigenvalue weighted by molar-refractivity contribution is 7.47. The zero-order valence-electron chi connectivity index (χ0n) is 41.3. The van der Waals surface area contributed by atoms with Gasteiger partial charge in [0.15, 0.2) is 0 Å². The Morgan fingerprint density at radius 3 is 1.38 bits per heavy atom. The number of phosphoric acid groups is 1. The summed E-state index contributed by atoms with van der Waals surface area (Å²) in [6, 6.07) is 0. The summed E-state index contributed by atoms with van der Waals surface area (Å²) in [5, 5.41) is 0. The summed E-state index contributed by atoms with van der Waals surface area (Å²) in [4.78, 5) is 22.9. The van der Waals surface area contributed by atoms with Crippen LogP contribution in [0.3, 0.4) is 0 Å². The molecule has 2 unspecified atom stereocenters. The third kappa shape index (κ3) is 50.5. The number of quaternary nitrogens is 1. The van der Waals surface area contributed by atoms with Crippen molar-refractivity contribution < 1.29 is 37.3 Å². The Kier molecular flexibility index (Phi) is 44.5. The van der Waals surface area contributed by atoms with E-state index >= 15 is 0 Å². The second-order valence-electron chi connectivity index (χ2n) is 17.8. The normalized spacial score (nSPS) is 14.3. The zero-order chi connectivity index (χ0) is 46.2. The van der Waals surface area contributed by atoms with Gasteiger partial charge < -0.3 is 18.9 Å². The quantitative estimate of drug-likeness (QED) is 0.0214. The fraction of sp³-hybridized carbons (Fsp3) is 0.722. The van der Waals surface area contributed by atoms with Crippen molar-refractivity contribution in [3.8, 4) is 0 Å². The van der Waals surface area contributed by atoms with Gasteiger partial charge >= 0.3 is 13.8 Å². The number of likely N-dealkylation sites (N-methyl/N-ethyl adjacent to an activating group) is 1. The molecule has 9 heteroatoms. The van der Waals surface area contributed by atoms with Crippen LogP contribution in [0.25, 0.3) is 0 Å². The molecule has 0 aromatic rings. The van der Waals surface area contributed by atoms with Crippen molar-refractivity contribution >= 4 is 13.8 Å². The van der Waals surface area contributed by atoms with Crippen LogP contribution in [-0.4, -0.2) is 75.6 Å². The maximum Gasteiger partial charge on any atom is 0.472 e. The minimum Gasteiger partial charge on any atom is -0.457 e. The van der Waals surface area contributed by atoms with Gasteiger partial charge in [-0.05, 0) is 89.9 Å². The van der Waals surface area contributed by atoms with Gasteiger partial charge in [-0.15, -0.1) is 0 Å². The molecule has 8 nitrogen and oxygen atoms in total. The van der Waals surface area contributed by atoms with E-state index in [1.165, 1.54) is 103 Å². The molecule has 0 fully saturated rings. The molecule has 0 heterocycles. The third-order valence-corrected chi connectivity index (χ3v) is 11.4. The predicted molar refractivity (Wildman–Crippen MR) is 270 cm³/mol. The monoisotopic (exact) mass is 903 g/mol. The van der Waals surface area contributed by atoms with Crippen molar-refractivity contribution in [2.24, 2.45) is 0 Å². The molecule has 0 radical (unpaired) electrons. The van der Waals surface area contributed by atoms with E-state index in [0.29, 0.717) is 24.1 Å². The first kappa shape index (κ1) is 60.7. The third-order valence-electron chi connectivity index (χ3n) is 10.4. The number of allylic oxidation sites excluding steroid dienone is 14. The highest BCUT2D eigenvalue weighted by Gasteiger charge is 2.26. The Labute approximate surface area is 388 Å². The fourth-order valence-electron chi connectivity index (χ4n) is 6.55. The first-order valence-corrected chi connectivity index (χ1v) is 26.8. The van der Waals surface area contributed by atoms with Gasteiger partial charge in [-0.3, -0.25) is 13.8 Å². The van der Waals surface area contributed by atoms with Crippen LogP contribution < -0.4 is 0 Å². The summed E-state index contributed by atoms with van der Waals surface area (Å²) in [7, 11) is 1.63. The number of ether oxygens (including phenoxy) is 2. The molecular weight excluding hydrogens is 806 g/mol. The molecule has 0 amide bonds. The molecule has 0 spiro atoms. The zero-order valence-corrected chi connectivity index (χ0v) is 42.2. The molecule has 0 saturated carbocycles. The molecule has 0 aliphatic carbocycles. The Hall–Kier alpha value is -2.32. The van der Waals surface area contributed by atoms with E-state index in [1.54, 1.807) is 0 Å². The van der Waals surface area contributed by atoms with Crippen LogP contribution in [0.4, 0.5) is 0 Å². The van der Waals surface area contributed by atoms with Crippen molar-refractivity contribution in [3.05, 3.63) is 85.1 Å². The average Bonchev–Trinajstić information content (AvgIpc) is 3.24. The van der Waals surface area contributed by atoms with E-state index < -0.39 is 13.9 Å². The van der Waals surface area contributed by atoms with Gasteiger partial charge in [0, 0.05) is 13.0 Å². The van der Waals surface area contributed by atoms with Crippen LogP contribution in [0, 0.1) is 0 Å². The molecular formula is C54H97NO7P+. The summed E-state index contributed by atoms with van der Waals surface area (Å²) in [5.41, 5.74) is 0. The SMILES string of the molecule is CC/C=C\C/C=C\C/C=C\C/C=C\CCCCC(=O)OC(COCCCCCCCCCCCCC/C=C\C/C=C\C/C=C\CCCCCCC)COP(=O)(O)OCC[N+](C)(C)C. The van der Waals surface area contributed by atoms with Crippen molar-refractivity contribution in [3.63, 3.8) is 0 Å². The molecule has 0 aliphatic rings. The molecule has 2 atom stereocenters. The van der Waals surface area contributed by atoms with Crippen LogP contribution >= 0.6 is 7.82 Å². The molecule has 0 bridgehead atoms. The highest BCUT2D eigenvalue weighted by Crippen LogP contribution is 2.43. The molecule has 0 aliphatic heterocycles. The highest BCUT2D eigenvalue weighted by atomic mass is 31.2. The molecule has 1 N–H and O–H groups in total. The van der Waals surface area contributed by atoms with Crippen LogP contribution in [0.2, 0.25) is 0 Å². The molecule has 0 saturated heterocycles. The summed E-state index contributed by atoms with van der Waals surface area (Å²) in [6.07, 6.45) is 62.1. The van der Waals surface area contributed by atoms with Gasteiger partial charge in [0.05, 0.1) is 34.4 Å². The first-order valence-electron chi connectivity index (χ1n) is 25.3. The topological polar surface area (TPSA) is 91.3 Å². The van der Waals surface area contributed by atoms with E-state index in [-0.39, 0.29) is 32.2 Å². The number of unbranched alkanes of at least 4 members (excludes halogenated alkanes) is 18. The van der Waals surface area contributed by atoms with Gasteiger partial charge in [-0.2, -0.15) is 0 Å². The maximum atomic E-state index is 12.7. The standard InChI is InChI=1S/C54H96NO7P/c1-6-8-10-12-14-16-18-20-22-23-24-25-26-27-28-29-30-31-32-34-36-38-40-42-44-46-49-59-51-53(52-61-63(57,58)60-50-48-55(3,4)5)62-54(56)47-45-43-41-39-37-35-33-21-19-17-15-13-11-9-7-2/h9,11,15,17-18,20-21,23-24,26-27,33,37,39,53H,6-8,10,12-14,16,19,22,25,28-32,34-36,38,40-52H2,1-5H3/p+1/b11-9-,17-15-,20-18-,24-23-,27-26-,33-21-,39-37-. The summed E-state index contributed by atoms with van der Waals surface area (Å²) >= 11 is 0. The van der Waals surface area contributed by atoms with Crippen molar-refractivity contribution in [1.29, 1.82) is 0 Å². The molecule has 0 aromatic heterocycles. The lowest BCUT2D eigenvalue weighted by Crippen LogP contribution is -2.37. The Balaban J connectivity index is 4.16. The number of hydrogen-bond acceptors (Lipinski definition) is 6. The van der Waals surface area contributed by atoms with E-state index in [2.05, 4.69) is 98.9 Å². The smallest absolute Gasteiger partial charge is 0.457 e. The first-order chi connectivity index (χ1) is 30.6. The van der Waals surface area contributed by atoms with E-state index in [9.17, 15) is 14.3 Å². The average molecular weight is 903 g/mol. The number of esters is 1. The van der Waals surface area contributed by atoms with Crippen molar-refractivity contribution in [2.75, 3.05) is 54.1 Å². The molecule has 0 aromatic carbocycles. The lowest BCUT2D eigenvalue weighted by molar-refractivity contribution is -0.870. The number of rotatable bonds is 46. The number of carbonyl (C=O) groups excluding carboxylic acids is 1. The minimum atomic E-state index is -4.30. The van der Waals surface area contributed by atoms with E-state index in [0.717, 1.165) is 64.2 Å². The summed E-state index contributed by atoms with van der Waals surface area (Å²) in [5.74, 6) is -0.357. The van der Waals surface area contributed by atoms with Crippen molar-refractivity contribution in [2.45, 2.75) is 200 Å². The van der Waals surface area contributed by atoms with Gasteiger partial charge in [0.2, 0.25) is 0 Å². The maximum absolute atomic E-state index is 12.7. The van der Waals surface area contributed by atoms with Crippen LogP contribution in [0.15, 0.2) is 85.1 Å². The lowest BCUT2D eigenvalue weighted by atomic mass is 10.1. The summed E-state index contributed by atoms with van der Waals surface area (Å²) in [6.45, 7) is 5.42. The number of phosphoric ester groups is 1. The van der Waals surface area contributed by atoms with Gasteiger partial charge in [-0.25, -0.2) is 4.57 Å². The molecule has 0 rings (SSSR count). The van der Waals surface area contributed by atoms with Crippen LogP contribution in [0.1, 0.15) is 194 Å². The van der Waals surface area contributed by atoms with E-state index in [1.807, 2.05) is 21.1 Å². The van der Waals surface area contributed by atoms with Gasteiger partial charge in [0.1, 0.15) is 19.3 Å². The number of carbonyl (C=O) groups is 1. The number of hydrogen-bond donors (Lipinski definition) is 1. The Morgan fingerprint density at radius 1 is 0.508 bits per heavy atom. The fourth-order valence-corrected chi connectivity index (χ4v) is 7.29. The predicted octanol–water partition coefficient (Wildman–Crippen LogP) is 15.6.